The molecule has 0 aliphatic carbocycles. The van der Waals surface area contributed by atoms with E-state index in [2.05, 4.69) is 10.4 Å². The summed E-state index contributed by atoms with van der Waals surface area (Å²) in [6.07, 6.45) is 0. The third-order valence-electron chi connectivity index (χ3n) is 4.89. The molecule has 0 unspecified atom stereocenters. The molecule has 1 heterocycles. The first-order chi connectivity index (χ1) is 14.0. The maximum Gasteiger partial charge on any atom is 0.267 e. The van der Waals surface area contributed by atoms with Crippen LogP contribution in [0, 0.1) is 13.8 Å². The molecule has 144 valence electrons. The zero-order valence-electron chi connectivity index (χ0n) is 16.3. The molecule has 4 aromatic rings. The van der Waals surface area contributed by atoms with Gasteiger partial charge in [0.1, 0.15) is 6.54 Å². The second-order valence-electron chi connectivity index (χ2n) is 7.11. The van der Waals surface area contributed by atoms with Crippen LogP contribution in [0.2, 0.25) is 0 Å². The summed E-state index contributed by atoms with van der Waals surface area (Å²) in [5, 5.41) is 9.48. The van der Waals surface area contributed by atoms with Crippen LogP contribution >= 0.6 is 0 Å². The molecule has 0 aliphatic heterocycles. The molecule has 0 saturated carbocycles. The summed E-state index contributed by atoms with van der Waals surface area (Å²) in [5.41, 5.74) is 4.03. The van der Waals surface area contributed by atoms with Crippen LogP contribution in [-0.2, 0) is 11.3 Å². The molecule has 3 aromatic carbocycles. The molecule has 29 heavy (non-hydrogen) atoms. The quantitative estimate of drug-likeness (QED) is 0.571. The number of nitrogens with one attached hydrogen (secondary N) is 1. The second-order valence-corrected chi connectivity index (χ2v) is 7.11. The largest absolute Gasteiger partial charge is 0.324 e. The minimum atomic E-state index is -0.315. The maximum absolute atomic E-state index is 12.5. The number of aryl methyl sites for hydroxylation is 2. The molecule has 0 bridgehead atoms. The summed E-state index contributed by atoms with van der Waals surface area (Å²) < 4.78 is 1.21. The van der Waals surface area contributed by atoms with Crippen LogP contribution in [0.25, 0.3) is 22.0 Å². The molecule has 1 N–H and O–H groups in total. The topological polar surface area (TPSA) is 64.0 Å². The van der Waals surface area contributed by atoms with Gasteiger partial charge in [-0.25, -0.2) is 4.68 Å². The molecule has 5 nitrogen and oxygen atoms in total. The second kappa shape index (κ2) is 7.72. The van der Waals surface area contributed by atoms with Crippen molar-refractivity contribution in [3.05, 3.63) is 94.3 Å². The summed E-state index contributed by atoms with van der Waals surface area (Å²) in [6, 6.07) is 23.0. The molecule has 0 spiro atoms. The molecule has 0 radical (unpaired) electrons. The number of carbonyl (C=O) groups is 1. The SMILES string of the molecule is Cc1ccc(C)c(NC(=O)Cn2nc(-c3cccc4ccccc34)ccc2=O)c1. The number of amides is 1. The fraction of sp³-hybridized carbons (Fsp3) is 0.125. The molecule has 1 amide bonds. The summed E-state index contributed by atoms with van der Waals surface area (Å²) in [7, 11) is 0. The lowest BCUT2D eigenvalue weighted by Gasteiger charge is -2.11. The smallest absolute Gasteiger partial charge is 0.267 e. The van der Waals surface area contributed by atoms with Gasteiger partial charge >= 0.3 is 0 Å². The van der Waals surface area contributed by atoms with Gasteiger partial charge in [0.2, 0.25) is 5.91 Å². The molecule has 0 fully saturated rings. The van der Waals surface area contributed by atoms with E-state index in [1.54, 1.807) is 6.07 Å². The number of aromatic nitrogens is 2. The van der Waals surface area contributed by atoms with E-state index in [1.807, 2.05) is 74.5 Å². The van der Waals surface area contributed by atoms with Crippen LogP contribution in [0.1, 0.15) is 11.1 Å². The van der Waals surface area contributed by atoms with Gasteiger partial charge in [0.15, 0.2) is 0 Å². The van der Waals surface area contributed by atoms with E-state index in [4.69, 9.17) is 0 Å². The lowest BCUT2D eigenvalue weighted by molar-refractivity contribution is -0.117. The van der Waals surface area contributed by atoms with E-state index in [9.17, 15) is 9.59 Å². The molecule has 5 heteroatoms. The van der Waals surface area contributed by atoms with Crippen LogP contribution < -0.4 is 10.9 Å². The number of fused-ring (bicyclic) bond motifs is 1. The Morgan fingerprint density at radius 2 is 1.76 bits per heavy atom. The van der Waals surface area contributed by atoms with E-state index in [0.717, 1.165) is 33.2 Å². The van der Waals surface area contributed by atoms with Crippen LogP contribution in [0.4, 0.5) is 5.69 Å². The van der Waals surface area contributed by atoms with E-state index in [1.165, 1.54) is 10.7 Å². The highest BCUT2D eigenvalue weighted by molar-refractivity contribution is 5.95. The summed E-state index contributed by atoms with van der Waals surface area (Å²) in [6.45, 7) is 3.75. The van der Waals surface area contributed by atoms with Gasteiger partial charge in [-0.15, -0.1) is 0 Å². The van der Waals surface area contributed by atoms with Crippen molar-refractivity contribution in [2.75, 3.05) is 5.32 Å². The molecular formula is C24H21N3O2. The lowest BCUT2D eigenvalue weighted by Crippen LogP contribution is -2.29. The number of rotatable bonds is 4. The van der Waals surface area contributed by atoms with Crippen molar-refractivity contribution in [3.8, 4) is 11.3 Å². The predicted octanol–water partition coefficient (Wildman–Crippen LogP) is 4.32. The van der Waals surface area contributed by atoms with Crippen molar-refractivity contribution < 1.29 is 4.79 Å². The Morgan fingerprint density at radius 3 is 2.62 bits per heavy atom. The van der Waals surface area contributed by atoms with E-state index in [-0.39, 0.29) is 18.0 Å². The highest BCUT2D eigenvalue weighted by Gasteiger charge is 2.11. The number of nitrogens with zero attached hydrogens (tertiary/aromatic N) is 2. The van der Waals surface area contributed by atoms with Gasteiger partial charge in [-0.2, -0.15) is 5.10 Å². The Bertz CT molecular complexity index is 1270. The predicted molar refractivity (Wildman–Crippen MR) is 116 cm³/mol. The zero-order chi connectivity index (χ0) is 20.4. The molecule has 0 atom stereocenters. The Morgan fingerprint density at radius 1 is 0.966 bits per heavy atom. The van der Waals surface area contributed by atoms with Crippen molar-refractivity contribution in [2.24, 2.45) is 0 Å². The minimum absolute atomic E-state index is 0.148. The van der Waals surface area contributed by atoms with Gasteiger partial charge in [0.05, 0.1) is 5.69 Å². The first kappa shape index (κ1) is 18.6. The molecule has 0 saturated heterocycles. The minimum Gasteiger partial charge on any atom is -0.324 e. The number of hydrogen-bond donors (Lipinski definition) is 1. The average molecular weight is 383 g/mol. The van der Waals surface area contributed by atoms with E-state index >= 15 is 0 Å². The fourth-order valence-corrected chi connectivity index (χ4v) is 3.35. The standard InChI is InChI=1S/C24H21N3O2/c1-16-10-11-17(2)22(14-16)25-23(28)15-27-24(29)13-12-21(26-27)20-9-5-7-18-6-3-4-8-19(18)20/h3-14H,15H2,1-2H3,(H,25,28). The van der Waals surface area contributed by atoms with Crippen molar-refractivity contribution >= 4 is 22.4 Å². The molecule has 4 rings (SSSR count). The van der Waals surface area contributed by atoms with Crippen molar-refractivity contribution in [3.63, 3.8) is 0 Å². The van der Waals surface area contributed by atoms with Crippen LogP contribution in [-0.4, -0.2) is 15.7 Å². The van der Waals surface area contributed by atoms with Gasteiger partial charge in [-0.05, 0) is 47.9 Å². The maximum atomic E-state index is 12.5. The van der Waals surface area contributed by atoms with E-state index < -0.39 is 0 Å². The number of anilines is 1. The van der Waals surface area contributed by atoms with Gasteiger partial charge in [0.25, 0.3) is 5.56 Å². The molecule has 0 aliphatic rings. The first-order valence-corrected chi connectivity index (χ1v) is 9.45. The van der Waals surface area contributed by atoms with Crippen molar-refractivity contribution in [1.82, 2.24) is 9.78 Å². The lowest BCUT2D eigenvalue weighted by atomic mass is 10.0. The third-order valence-corrected chi connectivity index (χ3v) is 4.89. The van der Waals surface area contributed by atoms with Crippen molar-refractivity contribution in [2.45, 2.75) is 20.4 Å². The van der Waals surface area contributed by atoms with Gasteiger partial charge < -0.3 is 5.32 Å². The van der Waals surface area contributed by atoms with Crippen molar-refractivity contribution in [1.29, 1.82) is 0 Å². The average Bonchev–Trinajstić information content (AvgIpc) is 2.72. The van der Waals surface area contributed by atoms with Gasteiger partial charge in [-0.1, -0.05) is 54.6 Å². The highest BCUT2D eigenvalue weighted by Crippen LogP contribution is 2.26. The number of benzene rings is 3. The highest BCUT2D eigenvalue weighted by atomic mass is 16.2. The number of carbonyl (C=O) groups excluding carboxylic acids is 1. The van der Waals surface area contributed by atoms with E-state index in [0.29, 0.717) is 5.69 Å². The third kappa shape index (κ3) is 3.94. The fourth-order valence-electron chi connectivity index (χ4n) is 3.35. The Hall–Kier alpha value is -3.73. The Kier molecular flexibility index (Phi) is 4.96. The van der Waals surface area contributed by atoms with Gasteiger partial charge in [0, 0.05) is 17.3 Å². The first-order valence-electron chi connectivity index (χ1n) is 9.45. The molecule has 1 aromatic heterocycles. The monoisotopic (exact) mass is 383 g/mol. The Labute approximate surface area is 168 Å². The van der Waals surface area contributed by atoms with Crippen LogP contribution in [0.15, 0.2) is 77.6 Å². The number of hydrogen-bond acceptors (Lipinski definition) is 3. The van der Waals surface area contributed by atoms with Gasteiger partial charge in [-0.3, -0.25) is 9.59 Å². The molecular weight excluding hydrogens is 362 g/mol. The zero-order valence-corrected chi connectivity index (χ0v) is 16.3. The normalized spacial score (nSPS) is 10.8. The summed E-state index contributed by atoms with van der Waals surface area (Å²) in [4.78, 5) is 24.8. The van der Waals surface area contributed by atoms with Crippen LogP contribution in [0.3, 0.4) is 0 Å². The summed E-state index contributed by atoms with van der Waals surface area (Å²) in [5.74, 6) is -0.289. The van der Waals surface area contributed by atoms with Crippen LogP contribution in [0.5, 0.6) is 0 Å². The summed E-state index contributed by atoms with van der Waals surface area (Å²) >= 11 is 0. The Balaban J connectivity index is 1.64.